The number of halogens is 1. The van der Waals surface area contributed by atoms with E-state index >= 15 is 0 Å². The van der Waals surface area contributed by atoms with Crippen molar-refractivity contribution >= 4 is 16.6 Å². The molecule has 5 heteroatoms. The molecule has 0 atom stereocenters. The molecule has 0 N–H and O–H groups in total. The Hall–Kier alpha value is -2.04. The van der Waals surface area contributed by atoms with Gasteiger partial charge >= 0.3 is 0 Å². The Balaban J connectivity index is 1.50. The monoisotopic (exact) mass is 322 g/mol. The Morgan fingerprint density at radius 3 is 2.50 bits per heavy atom. The van der Waals surface area contributed by atoms with Crippen LogP contribution in [0.2, 0.25) is 0 Å². The molecule has 4 fully saturated rings. The van der Waals surface area contributed by atoms with E-state index in [2.05, 4.69) is 4.98 Å². The van der Waals surface area contributed by atoms with Gasteiger partial charge in [0.15, 0.2) is 11.5 Å². The number of hydrogen-bond donors (Lipinski definition) is 0. The van der Waals surface area contributed by atoms with Crippen molar-refractivity contribution in [3.8, 4) is 0 Å². The van der Waals surface area contributed by atoms with E-state index in [-0.39, 0.29) is 5.82 Å². The van der Waals surface area contributed by atoms with Crippen molar-refractivity contribution in [3.63, 3.8) is 0 Å². The summed E-state index contributed by atoms with van der Waals surface area (Å²) in [5.74, 6) is 4.65. The van der Waals surface area contributed by atoms with Crippen LogP contribution < -0.4 is 0 Å². The number of hydrogen-bond acceptors (Lipinski definition) is 3. The number of aromatic nitrogens is 4. The van der Waals surface area contributed by atoms with E-state index in [4.69, 9.17) is 10.1 Å². The normalized spacial score (nSPS) is 34.5. The van der Waals surface area contributed by atoms with Gasteiger partial charge in [-0.1, -0.05) is 0 Å². The maximum atomic E-state index is 13.4. The van der Waals surface area contributed by atoms with Crippen molar-refractivity contribution in [1.82, 2.24) is 19.6 Å². The summed E-state index contributed by atoms with van der Waals surface area (Å²) in [5, 5.41) is 5.66. The lowest BCUT2D eigenvalue weighted by molar-refractivity contribution is -0.00556. The second kappa shape index (κ2) is 4.52. The SMILES string of the molecule is Fc1ccc2c(c1)ncn1nc(C3C4CC5CC(C4)CC3C5)nc21. The lowest BCUT2D eigenvalue weighted by atomic mass is 9.52. The van der Waals surface area contributed by atoms with Crippen molar-refractivity contribution in [2.75, 3.05) is 0 Å². The predicted octanol–water partition coefficient (Wildman–Crippen LogP) is 3.96. The third kappa shape index (κ3) is 1.75. The second-order valence-electron chi connectivity index (χ2n) is 8.10. The molecular weight excluding hydrogens is 303 g/mol. The van der Waals surface area contributed by atoms with Crippen molar-refractivity contribution in [2.24, 2.45) is 23.7 Å². The highest BCUT2D eigenvalue weighted by molar-refractivity contribution is 5.90. The molecule has 1 aromatic carbocycles. The highest BCUT2D eigenvalue weighted by Gasteiger charge is 2.50. The fraction of sp³-hybridized carbons (Fsp3) is 0.526. The van der Waals surface area contributed by atoms with Gasteiger partial charge in [0, 0.05) is 17.4 Å². The zero-order valence-corrected chi connectivity index (χ0v) is 13.4. The summed E-state index contributed by atoms with van der Waals surface area (Å²) in [5.41, 5.74) is 1.45. The van der Waals surface area contributed by atoms with E-state index in [1.54, 1.807) is 16.9 Å². The molecular formula is C19H19FN4. The minimum Gasteiger partial charge on any atom is -0.236 e. The lowest BCUT2D eigenvalue weighted by Crippen LogP contribution is -2.44. The molecule has 122 valence electrons. The Kier molecular flexibility index (Phi) is 2.50. The highest BCUT2D eigenvalue weighted by Crippen LogP contribution is 2.59. The molecule has 7 rings (SSSR count). The molecule has 4 aliphatic rings. The van der Waals surface area contributed by atoms with Crippen LogP contribution in [-0.2, 0) is 0 Å². The minimum absolute atomic E-state index is 0.264. The van der Waals surface area contributed by atoms with Crippen LogP contribution in [0.1, 0.15) is 43.8 Å². The summed E-state index contributed by atoms with van der Waals surface area (Å²) in [4.78, 5) is 9.25. The summed E-state index contributed by atoms with van der Waals surface area (Å²) in [7, 11) is 0. The molecule has 4 nitrogen and oxygen atoms in total. The molecule has 3 aromatic rings. The van der Waals surface area contributed by atoms with Crippen molar-refractivity contribution in [3.05, 3.63) is 36.2 Å². The number of fused-ring (bicyclic) bond motifs is 3. The van der Waals surface area contributed by atoms with E-state index in [9.17, 15) is 4.39 Å². The van der Waals surface area contributed by atoms with Crippen LogP contribution in [0.3, 0.4) is 0 Å². The van der Waals surface area contributed by atoms with E-state index in [1.165, 1.54) is 44.2 Å². The van der Waals surface area contributed by atoms with Crippen LogP contribution in [0.25, 0.3) is 16.6 Å². The van der Waals surface area contributed by atoms with E-state index in [1.807, 2.05) is 0 Å². The van der Waals surface area contributed by atoms with Gasteiger partial charge in [-0.05, 0) is 67.9 Å². The van der Waals surface area contributed by atoms with Gasteiger partial charge in [0.2, 0.25) is 0 Å². The number of nitrogens with zero attached hydrogens (tertiary/aromatic N) is 4. The number of benzene rings is 1. The largest absolute Gasteiger partial charge is 0.236 e. The molecule has 0 radical (unpaired) electrons. The van der Waals surface area contributed by atoms with Gasteiger partial charge in [0.1, 0.15) is 12.1 Å². The molecule has 0 spiro atoms. The average molecular weight is 322 g/mol. The first kappa shape index (κ1) is 13.3. The molecule has 4 aliphatic carbocycles. The fourth-order valence-electron chi connectivity index (χ4n) is 6.01. The average Bonchev–Trinajstić information content (AvgIpc) is 2.97. The highest BCUT2D eigenvalue weighted by atomic mass is 19.1. The molecule has 0 aliphatic heterocycles. The van der Waals surface area contributed by atoms with Crippen molar-refractivity contribution in [2.45, 2.75) is 38.0 Å². The third-order valence-corrected chi connectivity index (χ3v) is 6.68. The zero-order chi connectivity index (χ0) is 15.8. The van der Waals surface area contributed by atoms with Crippen LogP contribution in [0.5, 0.6) is 0 Å². The van der Waals surface area contributed by atoms with E-state index in [0.29, 0.717) is 11.4 Å². The maximum Gasteiger partial charge on any atom is 0.166 e. The van der Waals surface area contributed by atoms with Gasteiger partial charge < -0.3 is 0 Å². The summed E-state index contributed by atoms with van der Waals surface area (Å²) in [6, 6.07) is 4.70. The van der Waals surface area contributed by atoms with Gasteiger partial charge in [-0.3, -0.25) is 0 Å². The lowest BCUT2D eigenvalue weighted by Gasteiger charge is -2.53. The Morgan fingerprint density at radius 2 is 1.75 bits per heavy atom. The minimum atomic E-state index is -0.264. The Morgan fingerprint density at radius 1 is 1.00 bits per heavy atom. The van der Waals surface area contributed by atoms with Crippen LogP contribution in [0.4, 0.5) is 4.39 Å². The van der Waals surface area contributed by atoms with Gasteiger partial charge in [0.25, 0.3) is 0 Å². The summed E-state index contributed by atoms with van der Waals surface area (Å²) in [6.45, 7) is 0. The van der Waals surface area contributed by atoms with Gasteiger partial charge in [-0.25, -0.2) is 18.9 Å². The first-order valence-electron chi connectivity index (χ1n) is 9.05. The summed E-state index contributed by atoms with van der Waals surface area (Å²) >= 11 is 0. The standard InChI is InChI=1S/C19H19FN4/c20-14-1-2-15-16(8-14)21-9-24-19(15)22-18(23-24)17-12-4-10-3-11(6-12)7-13(17)5-10/h1-2,8-13,17H,3-7H2. The topological polar surface area (TPSA) is 43.1 Å². The molecule has 0 amide bonds. The molecule has 24 heavy (non-hydrogen) atoms. The molecule has 0 unspecified atom stereocenters. The second-order valence-corrected chi connectivity index (χ2v) is 8.10. The van der Waals surface area contributed by atoms with Gasteiger partial charge in [-0.15, -0.1) is 5.10 Å². The van der Waals surface area contributed by atoms with Crippen LogP contribution in [0, 0.1) is 29.5 Å². The first-order valence-corrected chi connectivity index (χ1v) is 9.05. The molecule has 4 saturated carbocycles. The number of rotatable bonds is 1. The Bertz CT molecular complexity index is 935. The Labute approximate surface area is 139 Å². The fourth-order valence-corrected chi connectivity index (χ4v) is 6.01. The van der Waals surface area contributed by atoms with Crippen LogP contribution in [-0.4, -0.2) is 19.6 Å². The third-order valence-electron chi connectivity index (χ3n) is 6.68. The zero-order valence-electron chi connectivity index (χ0n) is 13.4. The van der Waals surface area contributed by atoms with Gasteiger partial charge in [-0.2, -0.15) is 0 Å². The quantitative estimate of drug-likeness (QED) is 0.681. The van der Waals surface area contributed by atoms with E-state index in [0.717, 1.165) is 40.5 Å². The molecule has 4 bridgehead atoms. The van der Waals surface area contributed by atoms with Gasteiger partial charge in [0.05, 0.1) is 5.52 Å². The van der Waals surface area contributed by atoms with Crippen LogP contribution in [0.15, 0.2) is 24.5 Å². The molecule has 2 aromatic heterocycles. The summed E-state index contributed by atoms with van der Waals surface area (Å²) in [6.07, 6.45) is 8.56. The predicted molar refractivity (Wildman–Crippen MR) is 88.0 cm³/mol. The van der Waals surface area contributed by atoms with E-state index < -0.39 is 0 Å². The maximum absolute atomic E-state index is 13.4. The van der Waals surface area contributed by atoms with Crippen LogP contribution >= 0.6 is 0 Å². The van der Waals surface area contributed by atoms with Crippen molar-refractivity contribution < 1.29 is 4.39 Å². The first-order chi connectivity index (χ1) is 11.7. The molecule has 2 heterocycles. The summed E-state index contributed by atoms with van der Waals surface area (Å²) < 4.78 is 15.2. The smallest absolute Gasteiger partial charge is 0.166 e. The van der Waals surface area contributed by atoms with Crippen molar-refractivity contribution in [1.29, 1.82) is 0 Å². The molecule has 0 saturated heterocycles.